The van der Waals surface area contributed by atoms with Crippen molar-refractivity contribution in [1.29, 1.82) is 0 Å². The number of rotatable bonds is 4. The number of aromatic nitrogens is 1. The summed E-state index contributed by atoms with van der Waals surface area (Å²) in [6, 6.07) is 5.13. The first-order valence-corrected chi connectivity index (χ1v) is 6.56. The first kappa shape index (κ1) is 12.6. The van der Waals surface area contributed by atoms with E-state index in [1.165, 1.54) is 11.3 Å². The average Bonchev–Trinajstić information content (AvgIpc) is 2.85. The molecule has 5 heteroatoms. The molecule has 1 aromatic carbocycles. The lowest BCUT2D eigenvalue weighted by molar-refractivity contribution is 0.0951. The van der Waals surface area contributed by atoms with Gasteiger partial charge in [-0.05, 0) is 18.6 Å². The predicted octanol–water partition coefficient (Wildman–Crippen LogP) is 2.13. The summed E-state index contributed by atoms with van der Waals surface area (Å²) in [4.78, 5) is 16.0. The average molecular weight is 262 g/mol. The van der Waals surface area contributed by atoms with Crippen LogP contribution in [-0.2, 0) is 6.42 Å². The van der Waals surface area contributed by atoms with Crippen molar-refractivity contribution in [2.45, 2.75) is 13.3 Å². The fourth-order valence-electron chi connectivity index (χ4n) is 1.60. The zero-order valence-corrected chi connectivity index (χ0v) is 10.8. The number of phenols is 1. The fraction of sp³-hybridized carbons (Fsp3) is 0.231. The Labute approximate surface area is 109 Å². The van der Waals surface area contributed by atoms with Crippen LogP contribution in [0.25, 0.3) is 0 Å². The van der Waals surface area contributed by atoms with Crippen molar-refractivity contribution in [3.05, 3.63) is 45.9 Å². The third kappa shape index (κ3) is 2.87. The second kappa shape index (κ2) is 5.64. The van der Waals surface area contributed by atoms with Gasteiger partial charge in [-0.15, -0.1) is 11.3 Å². The maximum Gasteiger partial charge on any atom is 0.255 e. The summed E-state index contributed by atoms with van der Waals surface area (Å²) in [5, 5.41) is 14.5. The number of hydrogen-bond donors (Lipinski definition) is 2. The Morgan fingerprint density at radius 1 is 1.50 bits per heavy atom. The molecule has 0 saturated carbocycles. The molecule has 0 aliphatic rings. The van der Waals surface area contributed by atoms with E-state index in [1.54, 1.807) is 30.6 Å². The molecule has 0 aliphatic heterocycles. The number of aryl methyl sites for hydroxylation is 1. The summed E-state index contributed by atoms with van der Waals surface area (Å²) >= 11 is 1.54. The Hall–Kier alpha value is -1.88. The van der Waals surface area contributed by atoms with E-state index in [9.17, 15) is 9.90 Å². The lowest BCUT2D eigenvalue weighted by Crippen LogP contribution is -2.25. The lowest BCUT2D eigenvalue weighted by atomic mass is 10.1. The molecule has 0 fully saturated rings. The van der Waals surface area contributed by atoms with E-state index in [4.69, 9.17) is 0 Å². The highest BCUT2D eigenvalue weighted by Crippen LogP contribution is 2.20. The van der Waals surface area contributed by atoms with E-state index in [-0.39, 0.29) is 11.7 Å². The van der Waals surface area contributed by atoms with Crippen LogP contribution in [0.15, 0.2) is 29.1 Å². The third-order valence-corrected chi connectivity index (χ3v) is 3.27. The predicted molar refractivity (Wildman–Crippen MR) is 71.0 cm³/mol. The van der Waals surface area contributed by atoms with Gasteiger partial charge in [0, 0.05) is 18.3 Å². The van der Waals surface area contributed by atoms with Crippen molar-refractivity contribution in [2.24, 2.45) is 0 Å². The van der Waals surface area contributed by atoms with Gasteiger partial charge in [0.15, 0.2) is 0 Å². The van der Waals surface area contributed by atoms with Gasteiger partial charge in [0.2, 0.25) is 0 Å². The Morgan fingerprint density at radius 2 is 2.33 bits per heavy atom. The number of nitrogens with zero attached hydrogens (tertiary/aromatic N) is 1. The summed E-state index contributed by atoms with van der Waals surface area (Å²) in [6.45, 7) is 2.28. The SMILES string of the molecule is Cc1cccc(C(=O)NCCc2cscn2)c1O. The minimum atomic E-state index is -0.258. The number of nitrogens with one attached hydrogen (secondary N) is 1. The lowest BCUT2D eigenvalue weighted by Gasteiger charge is -2.07. The number of carbonyl (C=O) groups excluding carboxylic acids is 1. The zero-order valence-electron chi connectivity index (χ0n) is 10.0. The Kier molecular flexibility index (Phi) is 3.94. The van der Waals surface area contributed by atoms with Gasteiger partial charge in [-0.3, -0.25) is 4.79 Å². The molecular formula is C13H14N2O2S. The number of phenolic OH excluding ortho intramolecular Hbond substituents is 1. The zero-order chi connectivity index (χ0) is 13.0. The van der Waals surface area contributed by atoms with Gasteiger partial charge in [-0.25, -0.2) is 4.98 Å². The van der Waals surface area contributed by atoms with Crippen LogP contribution in [0.2, 0.25) is 0 Å². The largest absolute Gasteiger partial charge is 0.507 e. The van der Waals surface area contributed by atoms with Crippen LogP contribution in [0, 0.1) is 6.92 Å². The van der Waals surface area contributed by atoms with E-state index < -0.39 is 0 Å². The number of amides is 1. The number of para-hydroxylation sites is 1. The molecule has 0 aliphatic carbocycles. The standard InChI is InChI=1S/C13H14N2O2S/c1-9-3-2-4-11(12(9)16)13(17)14-6-5-10-7-18-8-15-10/h2-4,7-8,16H,5-6H2,1H3,(H,14,17). The number of thiazole rings is 1. The Morgan fingerprint density at radius 3 is 3.06 bits per heavy atom. The van der Waals surface area contributed by atoms with Crippen LogP contribution in [0.3, 0.4) is 0 Å². The molecule has 2 rings (SSSR count). The highest BCUT2D eigenvalue weighted by atomic mass is 32.1. The quantitative estimate of drug-likeness (QED) is 0.887. The van der Waals surface area contributed by atoms with Crippen molar-refractivity contribution >= 4 is 17.2 Å². The van der Waals surface area contributed by atoms with E-state index >= 15 is 0 Å². The van der Waals surface area contributed by atoms with Crippen molar-refractivity contribution < 1.29 is 9.90 Å². The first-order chi connectivity index (χ1) is 8.68. The van der Waals surface area contributed by atoms with E-state index in [0.717, 1.165) is 5.69 Å². The van der Waals surface area contributed by atoms with Crippen LogP contribution < -0.4 is 5.32 Å². The van der Waals surface area contributed by atoms with Crippen LogP contribution >= 0.6 is 11.3 Å². The van der Waals surface area contributed by atoms with Crippen molar-refractivity contribution in [3.63, 3.8) is 0 Å². The molecule has 4 nitrogen and oxygen atoms in total. The summed E-state index contributed by atoms with van der Waals surface area (Å²) in [7, 11) is 0. The molecule has 1 amide bonds. The van der Waals surface area contributed by atoms with Crippen LogP contribution in [0.4, 0.5) is 0 Å². The van der Waals surface area contributed by atoms with Gasteiger partial charge in [-0.2, -0.15) is 0 Å². The van der Waals surface area contributed by atoms with E-state index in [0.29, 0.717) is 24.1 Å². The molecule has 0 bridgehead atoms. The van der Waals surface area contributed by atoms with Gasteiger partial charge >= 0.3 is 0 Å². The second-order valence-corrected chi connectivity index (χ2v) is 4.68. The summed E-state index contributed by atoms with van der Waals surface area (Å²) < 4.78 is 0. The number of hydrogen-bond acceptors (Lipinski definition) is 4. The molecule has 18 heavy (non-hydrogen) atoms. The molecule has 2 aromatic rings. The molecule has 0 unspecified atom stereocenters. The minimum Gasteiger partial charge on any atom is -0.507 e. The van der Waals surface area contributed by atoms with Crippen LogP contribution in [-0.4, -0.2) is 22.5 Å². The monoisotopic (exact) mass is 262 g/mol. The minimum absolute atomic E-state index is 0.0451. The molecule has 1 heterocycles. The van der Waals surface area contributed by atoms with Gasteiger partial charge in [-0.1, -0.05) is 12.1 Å². The van der Waals surface area contributed by atoms with Gasteiger partial charge in [0.25, 0.3) is 5.91 Å². The molecule has 1 aromatic heterocycles. The van der Waals surface area contributed by atoms with Crippen molar-refractivity contribution in [2.75, 3.05) is 6.54 Å². The molecular weight excluding hydrogens is 248 g/mol. The van der Waals surface area contributed by atoms with Gasteiger partial charge < -0.3 is 10.4 Å². The molecule has 2 N–H and O–H groups in total. The maximum absolute atomic E-state index is 11.9. The molecule has 0 spiro atoms. The Balaban J connectivity index is 1.93. The Bertz CT molecular complexity index is 538. The van der Waals surface area contributed by atoms with E-state index in [2.05, 4.69) is 10.3 Å². The van der Waals surface area contributed by atoms with Gasteiger partial charge in [0.1, 0.15) is 5.75 Å². The van der Waals surface area contributed by atoms with Gasteiger partial charge in [0.05, 0.1) is 16.8 Å². The summed E-state index contributed by atoms with van der Waals surface area (Å²) in [6.07, 6.45) is 0.696. The number of carbonyl (C=O) groups is 1. The molecule has 0 radical (unpaired) electrons. The third-order valence-electron chi connectivity index (χ3n) is 2.63. The van der Waals surface area contributed by atoms with Crippen LogP contribution in [0.5, 0.6) is 5.75 Å². The molecule has 0 atom stereocenters. The summed E-state index contributed by atoms with van der Waals surface area (Å²) in [5.41, 5.74) is 3.74. The van der Waals surface area contributed by atoms with Crippen molar-refractivity contribution in [1.82, 2.24) is 10.3 Å². The molecule has 0 saturated heterocycles. The normalized spacial score (nSPS) is 10.3. The highest BCUT2D eigenvalue weighted by molar-refractivity contribution is 7.07. The van der Waals surface area contributed by atoms with E-state index in [1.807, 2.05) is 5.38 Å². The topological polar surface area (TPSA) is 62.2 Å². The van der Waals surface area contributed by atoms with Crippen LogP contribution in [0.1, 0.15) is 21.6 Å². The first-order valence-electron chi connectivity index (χ1n) is 5.62. The smallest absolute Gasteiger partial charge is 0.255 e. The fourth-order valence-corrected chi connectivity index (χ4v) is 2.20. The number of aromatic hydroxyl groups is 1. The summed E-state index contributed by atoms with van der Waals surface area (Å²) in [5.74, 6) is -0.213. The second-order valence-electron chi connectivity index (χ2n) is 3.96. The number of benzene rings is 1. The molecule has 94 valence electrons. The van der Waals surface area contributed by atoms with Crippen molar-refractivity contribution in [3.8, 4) is 5.75 Å². The highest BCUT2D eigenvalue weighted by Gasteiger charge is 2.11. The maximum atomic E-state index is 11.9.